The average Bonchev–Trinajstić information content (AvgIpc) is 2.76. The molecular formula is C14H14N4O. The van der Waals surface area contributed by atoms with E-state index in [1.54, 1.807) is 13.3 Å². The van der Waals surface area contributed by atoms with Crippen molar-refractivity contribution in [1.82, 2.24) is 14.5 Å². The summed E-state index contributed by atoms with van der Waals surface area (Å²) in [6.07, 6.45) is 1.74. The Morgan fingerprint density at radius 1 is 1.26 bits per heavy atom. The molecule has 5 nitrogen and oxygen atoms in total. The van der Waals surface area contributed by atoms with Gasteiger partial charge in [-0.05, 0) is 29.8 Å². The molecule has 0 atom stereocenters. The minimum absolute atomic E-state index is 0.469. The predicted octanol–water partition coefficient (Wildman–Crippen LogP) is 2.07. The summed E-state index contributed by atoms with van der Waals surface area (Å²) in [5, 5.41) is 0. The fraction of sp³-hybridized carbons (Fsp3) is 0.143. The monoisotopic (exact) mass is 254 g/mol. The number of ether oxygens (including phenoxy) is 1. The summed E-state index contributed by atoms with van der Waals surface area (Å²) in [6.45, 7) is 0.622. The number of fused-ring (bicyclic) bond motifs is 1. The van der Waals surface area contributed by atoms with Crippen LogP contribution in [0.1, 0.15) is 5.56 Å². The van der Waals surface area contributed by atoms with Gasteiger partial charge >= 0.3 is 0 Å². The first-order valence-electron chi connectivity index (χ1n) is 5.97. The van der Waals surface area contributed by atoms with Gasteiger partial charge in [0.1, 0.15) is 11.3 Å². The van der Waals surface area contributed by atoms with Crippen LogP contribution in [0, 0.1) is 0 Å². The molecule has 2 N–H and O–H groups in total. The molecule has 1 aromatic carbocycles. The van der Waals surface area contributed by atoms with Gasteiger partial charge in [-0.1, -0.05) is 12.1 Å². The number of rotatable bonds is 3. The van der Waals surface area contributed by atoms with Gasteiger partial charge in [0, 0.05) is 6.20 Å². The van der Waals surface area contributed by atoms with Gasteiger partial charge in [0.2, 0.25) is 5.95 Å². The summed E-state index contributed by atoms with van der Waals surface area (Å²) in [6, 6.07) is 11.6. The molecule has 0 fully saturated rings. The lowest BCUT2D eigenvalue weighted by Crippen LogP contribution is -2.05. The van der Waals surface area contributed by atoms with Crippen molar-refractivity contribution in [1.29, 1.82) is 0 Å². The number of pyridine rings is 1. The molecule has 0 bridgehead atoms. The van der Waals surface area contributed by atoms with Crippen molar-refractivity contribution in [3.63, 3.8) is 0 Å². The zero-order valence-electron chi connectivity index (χ0n) is 10.6. The fourth-order valence-corrected chi connectivity index (χ4v) is 2.09. The summed E-state index contributed by atoms with van der Waals surface area (Å²) in [5.41, 5.74) is 8.65. The molecule has 0 saturated carbocycles. The van der Waals surface area contributed by atoms with Gasteiger partial charge in [-0.2, -0.15) is 0 Å². The number of nitrogen functional groups attached to an aromatic ring is 1. The normalized spacial score (nSPS) is 10.8. The van der Waals surface area contributed by atoms with Crippen LogP contribution < -0.4 is 10.5 Å². The summed E-state index contributed by atoms with van der Waals surface area (Å²) >= 11 is 0. The van der Waals surface area contributed by atoms with E-state index >= 15 is 0 Å². The second kappa shape index (κ2) is 4.61. The molecule has 96 valence electrons. The van der Waals surface area contributed by atoms with E-state index in [1.807, 2.05) is 41.0 Å². The highest BCUT2D eigenvalue weighted by Crippen LogP contribution is 2.19. The van der Waals surface area contributed by atoms with Crippen molar-refractivity contribution in [2.45, 2.75) is 6.54 Å². The number of nitrogens with two attached hydrogens (primary N) is 1. The molecule has 3 rings (SSSR count). The largest absolute Gasteiger partial charge is 0.497 e. The summed E-state index contributed by atoms with van der Waals surface area (Å²) in [5.74, 6) is 1.30. The Morgan fingerprint density at radius 3 is 3.00 bits per heavy atom. The number of anilines is 1. The van der Waals surface area contributed by atoms with E-state index in [1.165, 1.54) is 0 Å². The smallest absolute Gasteiger partial charge is 0.202 e. The Labute approximate surface area is 110 Å². The highest BCUT2D eigenvalue weighted by atomic mass is 16.5. The SMILES string of the molecule is COc1cccc(Cn2c(N)nc3cccnc32)c1. The second-order valence-electron chi connectivity index (χ2n) is 4.25. The number of benzene rings is 1. The third-order valence-corrected chi connectivity index (χ3v) is 3.01. The molecule has 0 spiro atoms. The number of hydrogen-bond donors (Lipinski definition) is 1. The van der Waals surface area contributed by atoms with Crippen LogP contribution >= 0.6 is 0 Å². The second-order valence-corrected chi connectivity index (χ2v) is 4.25. The zero-order valence-corrected chi connectivity index (χ0v) is 10.6. The lowest BCUT2D eigenvalue weighted by atomic mass is 10.2. The van der Waals surface area contributed by atoms with Crippen LogP contribution in [0.5, 0.6) is 5.75 Å². The van der Waals surface area contributed by atoms with E-state index in [0.29, 0.717) is 12.5 Å². The predicted molar refractivity (Wildman–Crippen MR) is 74.0 cm³/mol. The van der Waals surface area contributed by atoms with Crippen molar-refractivity contribution >= 4 is 17.1 Å². The average molecular weight is 254 g/mol. The van der Waals surface area contributed by atoms with E-state index in [4.69, 9.17) is 10.5 Å². The number of nitrogens with zero attached hydrogens (tertiary/aromatic N) is 3. The molecule has 2 heterocycles. The molecule has 2 aromatic heterocycles. The summed E-state index contributed by atoms with van der Waals surface area (Å²) in [4.78, 5) is 8.63. The Balaban J connectivity index is 2.02. The lowest BCUT2D eigenvalue weighted by molar-refractivity contribution is 0.414. The minimum Gasteiger partial charge on any atom is -0.497 e. The third kappa shape index (κ3) is 2.10. The maximum absolute atomic E-state index is 5.95. The van der Waals surface area contributed by atoms with Gasteiger partial charge in [-0.15, -0.1) is 0 Å². The van der Waals surface area contributed by atoms with Crippen molar-refractivity contribution in [2.75, 3.05) is 12.8 Å². The lowest BCUT2D eigenvalue weighted by Gasteiger charge is -2.07. The maximum Gasteiger partial charge on any atom is 0.202 e. The van der Waals surface area contributed by atoms with Gasteiger partial charge < -0.3 is 10.5 Å². The summed E-state index contributed by atoms with van der Waals surface area (Å²) < 4.78 is 7.11. The maximum atomic E-state index is 5.95. The topological polar surface area (TPSA) is 66.0 Å². The fourth-order valence-electron chi connectivity index (χ4n) is 2.09. The van der Waals surface area contributed by atoms with Gasteiger partial charge in [-0.3, -0.25) is 4.57 Å². The van der Waals surface area contributed by atoms with Gasteiger partial charge in [0.25, 0.3) is 0 Å². The van der Waals surface area contributed by atoms with Crippen molar-refractivity contribution in [3.8, 4) is 5.75 Å². The van der Waals surface area contributed by atoms with Crippen LogP contribution in [-0.2, 0) is 6.54 Å². The van der Waals surface area contributed by atoms with Crippen LogP contribution in [-0.4, -0.2) is 21.6 Å². The molecule has 0 aliphatic heterocycles. The molecular weight excluding hydrogens is 240 g/mol. The van der Waals surface area contributed by atoms with E-state index in [2.05, 4.69) is 9.97 Å². The first-order chi connectivity index (χ1) is 9.28. The van der Waals surface area contributed by atoms with Crippen LogP contribution in [0.25, 0.3) is 11.2 Å². The van der Waals surface area contributed by atoms with Crippen molar-refractivity contribution in [3.05, 3.63) is 48.2 Å². The molecule has 0 aliphatic rings. The molecule has 3 aromatic rings. The van der Waals surface area contributed by atoms with Crippen LogP contribution in [0.2, 0.25) is 0 Å². The number of aromatic nitrogens is 3. The molecule has 0 amide bonds. The molecule has 5 heteroatoms. The molecule has 0 saturated heterocycles. The van der Waals surface area contributed by atoms with E-state index in [-0.39, 0.29) is 0 Å². The van der Waals surface area contributed by atoms with E-state index in [9.17, 15) is 0 Å². The molecule has 0 unspecified atom stereocenters. The van der Waals surface area contributed by atoms with Crippen LogP contribution in [0.3, 0.4) is 0 Å². The van der Waals surface area contributed by atoms with Gasteiger partial charge in [-0.25, -0.2) is 9.97 Å². The summed E-state index contributed by atoms with van der Waals surface area (Å²) in [7, 11) is 1.65. The number of hydrogen-bond acceptors (Lipinski definition) is 4. The standard InChI is InChI=1S/C14H14N4O/c1-19-11-5-2-4-10(8-11)9-18-13-12(17-14(18)15)6-3-7-16-13/h2-8H,9H2,1H3,(H2,15,17). The highest BCUT2D eigenvalue weighted by Gasteiger charge is 2.09. The Morgan fingerprint density at radius 2 is 2.16 bits per heavy atom. The molecule has 19 heavy (non-hydrogen) atoms. The van der Waals surface area contributed by atoms with E-state index < -0.39 is 0 Å². The first-order valence-corrected chi connectivity index (χ1v) is 5.97. The Hall–Kier alpha value is -2.56. The minimum atomic E-state index is 0.469. The first kappa shape index (κ1) is 11.5. The zero-order chi connectivity index (χ0) is 13.2. The third-order valence-electron chi connectivity index (χ3n) is 3.01. The van der Waals surface area contributed by atoms with Gasteiger partial charge in [0.05, 0.1) is 13.7 Å². The van der Waals surface area contributed by atoms with Crippen molar-refractivity contribution < 1.29 is 4.74 Å². The molecule has 0 radical (unpaired) electrons. The Kier molecular flexibility index (Phi) is 2.79. The quantitative estimate of drug-likeness (QED) is 0.777. The molecule has 0 aliphatic carbocycles. The highest BCUT2D eigenvalue weighted by molar-refractivity contribution is 5.73. The number of imidazole rings is 1. The van der Waals surface area contributed by atoms with Crippen LogP contribution in [0.4, 0.5) is 5.95 Å². The van der Waals surface area contributed by atoms with E-state index in [0.717, 1.165) is 22.5 Å². The number of methoxy groups -OCH3 is 1. The Bertz CT molecular complexity index is 720. The van der Waals surface area contributed by atoms with Crippen molar-refractivity contribution in [2.24, 2.45) is 0 Å². The van der Waals surface area contributed by atoms with Crippen LogP contribution in [0.15, 0.2) is 42.6 Å². The van der Waals surface area contributed by atoms with Gasteiger partial charge in [0.15, 0.2) is 5.65 Å².